The third-order valence-corrected chi connectivity index (χ3v) is 5.77. The molecule has 1 aromatic carbocycles. The first kappa shape index (κ1) is 23.5. The summed E-state index contributed by atoms with van der Waals surface area (Å²) in [6.45, 7) is 0.858. The highest BCUT2D eigenvalue weighted by atomic mass is 32.1. The lowest BCUT2D eigenvalue weighted by molar-refractivity contribution is -0.384. The maximum Gasteiger partial charge on any atom is 0.410 e. The van der Waals surface area contributed by atoms with E-state index in [4.69, 9.17) is 4.74 Å². The highest BCUT2D eigenvalue weighted by molar-refractivity contribution is 7.81. The SMILES string of the molecule is CN(CCCc1ccncc1)C(=O)[C@@H]1C[C@H](S)CN1C(=O)OCc1ccc([N+](=O)[O-])cc1. The highest BCUT2D eigenvalue weighted by Gasteiger charge is 2.40. The molecule has 1 fully saturated rings. The number of pyridine rings is 1. The molecule has 1 aromatic heterocycles. The van der Waals surface area contributed by atoms with E-state index in [2.05, 4.69) is 17.6 Å². The summed E-state index contributed by atoms with van der Waals surface area (Å²) in [5.74, 6) is -0.136. The molecule has 0 spiro atoms. The Morgan fingerprint density at radius 3 is 2.56 bits per heavy atom. The Morgan fingerprint density at radius 1 is 1.22 bits per heavy atom. The van der Waals surface area contributed by atoms with Crippen molar-refractivity contribution in [2.75, 3.05) is 20.1 Å². The summed E-state index contributed by atoms with van der Waals surface area (Å²) in [5.41, 5.74) is 1.76. The van der Waals surface area contributed by atoms with Gasteiger partial charge in [-0.05, 0) is 54.7 Å². The summed E-state index contributed by atoms with van der Waals surface area (Å²) >= 11 is 4.47. The maximum absolute atomic E-state index is 13.0. The summed E-state index contributed by atoms with van der Waals surface area (Å²) < 4.78 is 5.37. The van der Waals surface area contributed by atoms with E-state index >= 15 is 0 Å². The van der Waals surface area contributed by atoms with Crippen LogP contribution in [0.2, 0.25) is 0 Å². The second-order valence-electron chi connectivity index (χ2n) is 7.75. The fourth-order valence-electron chi connectivity index (χ4n) is 3.63. The standard InChI is InChI=1S/C22H26N4O5S/c1-24(12-2-3-16-8-10-23-11-9-16)21(27)20-13-19(32)14-25(20)22(28)31-15-17-4-6-18(7-5-17)26(29)30/h4-11,19-20,32H,2-3,12-15H2,1H3/t19-,20-/m0/s1. The number of likely N-dealkylation sites (N-methyl/N-ethyl adjacent to an activating group) is 1. The van der Waals surface area contributed by atoms with Crippen molar-refractivity contribution in [3.8, 4) is 0 Å². The number of rotatable bonds is 8. The quantitative estimate of drug-likeness (QED) is 0.370. The number of likely N-dealkylation sites (tertiary alicyclic amines) is 1. The van der Waals surface area contributed by atoms with Gasteiger partial charge in [-0.15, -0.1) is 0 Å². The summed E-state index contributed by atoms with van der Waals surface area (Å²) in [6.07, 6.45) is 4.99. The lowest BCUT2D eigenvalue weighted by atomic mass is 10.1. The molecule has 32 heavy (non-hydrogen) atoms. The first-order chi connectivity index (χ1) is 15.3. The lowest BCUT2D eigenvalue weighted by Gasteiger charge is -2.27. The number of hydrogen-bond donors (Lipinski definition) is 1. The van der Waals surface area contributed by atoms with Crippen LogP contribution in [0, 0.1) is 10.1 Å². The fraction of sp³-hybridized carbons (Fsp3) is 0.409. The monoisotopic (exact) mass is 458 g/mol. The zero-order valence-electron chi connectivity index (χ0n) is 17.8. The van der Waals surface area contributed by atoms with Crippen molar-refractivity contribution in [2.45, 2.75) is 37.2 Å². The molecule has 170 valence electrons. The zero-order chi connectivity index (χ0) is 23.1. The van der Waals surface area contributed by atoms with Crippen LogP contribution >= 0.6 is 12.6 Å². The Labute approximate surface area is 191 Å². The van der Waals surface area contributed by atoms with Crippen molar-refractivity contribution >= 4 is 30.3 Å². The van der Waals surface area contributed by atoms with Crippen molar-refractivity contribution in [1.82, 2.24) is 14.8 Å². The summed E-state index contributed by atoms with van der Waals surface area (Å²) in [5, 5.41) is 10.6. The first-order valence-electron chi connectivity index (χ1n) is 10.3. The van der Waals surface area contributed by atoms with Crippen LogP contribution in [0.5, 0.6) is 0 Å². The third-order valence-electron chi connectivity index (χ3n) is 5.39. The fourth-order valence-corrected chi connectivity index (χ4v) is 4.00. The molecule has 2 heterocycles. The van der Waals surface area contributed by atoms with Gasteiger partial charge in [0.05, 0.1) is 4.92 Å². The van der Waals surface area contributed by atoms with Gasteiger partial charge in [0.2, 0.25) is 5.91 Å². The van der Waals surface area contributed by atoms with E-state index in [1.54, 1.807) is 24.3 Å². The van der Waals surface area contributed by atoms with E-state index in [1.165, 1.54) is 29.2 Å². The molecule has 0 bridgehead atoms. The van der Waals surface area contributed by atoms with Gasteiger partial charge in [0.15, 0.2) is 0 Å². The Bertz CT molecular complexity index is 941. The van der Waals surface area contributed by atoms with Crippen molar-refractivity contribution in [3.05, 3.63) is 70.0 Å². The number of aromatic nitrogens is 1. The molecule has 2 amide bonds. The minimum Gasteiger partial charge on any atom is -0.445 e. The summed E-state index contributed by atoms with van der Waals surface area (Å²) in [4.78, 5) is 43.0. The normalized spacial score (nSPS) is 17.8. The molecule has 0 aliphatic carbocycles. The number of benzene rings is 1. The van der Waals surface area contributed by atoms with E-state index < -0.39 is 17.1 Å². The van der Waals surface area contributed by atoms with Gasteiger partial charge in [0.25, 0.3) is 5.69 Å². The Balaban J connectivity index is 1.52. The molecule has 3 rings (SSSR count). The van der Waals surface area contributed by atoms with Crippen LogP contribution in [0.1, 0.15) is 24.0 Å². The second-order valence-corrected chi connectivity index (χ2v) is 8.48. The molecule has 0 N–H and O–H groups in total. The minimum absolute atomic E-state index is 0.0323. The van der Waals surface area contributed by atoms with E-state index in [9.17, 15) is 19.7 Å². The molecule has 2 aromatic rings. The van der Waals surface area contributed by atoms with Gasteiger partial charge in [-0.3, -0.25) is 24.8 Å². The summed E-state index contributed by atoms with van der Waals surface area (Å²) in [7, 11) is 1.74. The Hall–Kier alpha value is -3.14. The van der Waals surface area contributed by atoms with Crippen LogP contribution in [0.4, 0.5) is 10.5 Å². The molecular weight excluding hydrogens is 432 g/mol. The number of nitrogens with zero attached hydrogens (tertiary/aromatic N) is 4. The number of nitro groups is 1. The van der Waals surface area contributed by atoms with Gasteiger partial charge in [0, 0.05) is 49.9 Å². The molecule has 9 nitrogen and oxygen atoms in total. The number of hydrogen-bond acceptors (Lipinski definition) is 7. The van der Waals surface area contributed by atoms with E-state index in [0.29, 0.717) is 25.1 Å². The first-order valence-corrected chi connectivity index (χ1v) is 10.9. The molecule has 2 atom stereocenters. The average Bonchev–Trinajstić information content (AvgIpc) is 3.19. The largest absolute Gasteiger partial charge is 0.445 e. The number of nitro benzene ring substituents is 1. The van der Waals surface area contributed by atoms with Gasteiger partial charge >= 0.3 is 6.09 Å². The number of ether oxygens (including phenoxy) is 1. The average molecular weight is 459 g/mol. The minimum atomic E-state index is -0.618. The molecular formula is C22H26N4O5S. The molecule has 0 radical (unpaired) electrons. The van der Waals surface area contributed by atoms with Crippen LogP contribution in [-0.4, -0.2) is 63.1 Å². The number of aryl methyl sites for hydroxylation is 1. The van der Waals surface area contributed by atoms with Gasteiger partial charge < -0.3 is 9.64 Å². The number of carbonyl (C=O) groups is 2. The van der Waals surface area contributed by atoms with E-state index in [0.717, 1.165) is 18.4 Å². The predicted molar refractivity (Wildman–Crippen MR) is 121 cm³/mol. The number of carbonyl (C=O) groups excluding carboxylic acids is 2. The molecule has 1 saturated heterocycles. The van der Waals surface area contributed by atoms with E-state index in [1.807, 2.05) is 12.1 Å². The Kier molecular flexibility index (Phi) is 8.04. The number of amides is 2. The lowest BCUT2D eigenvalue weighted by Crippen LogP contribution is -2.47. The van der Waals surface area contributed by atoms with Crippen LogP contribution < -0.4 is 0 Å². The molecule has 0 saturated carbocycles. The van der Waals surface area contributed by atoms with Gasteiger partial charge in [0.1, 0.15) is 12.6 Å². The number of thiol groups is 1. The van der Waals surface area contributed by atoms with Crippen LogP contribution in [0.15, 0.2) is 48.8 Å². The second kappa shape index (κ2) is 10.9. The van der Waals surface area contributed by atoms with Gasteiger partial charge in [-0.1, -0.05) is 0 Å². The van der Waals surface area contributed by atoms with Crippen molar-refractivity contribution in [3.63, 3.8) is 0 Å². The zero-order valence-corrected chi connectivity index (χ0v) is 18.7. The topological polar surface area (TPSA) is 106 Å². The van der Waals surface area contributed by atoms with Crippen molar-refractivity contribution in [2.24, 2.45) is 0 Å². The van der Waals surface area contributed by atoms with Crippen LogP contribution in [-0.2, 0) is 22.6 Å². The number of non-ortho nitro benzene ring substituents is 1. The summed E-state index contributed by atoms with van der Waals surface area (Å²) in [6, 6.07) is 9.07. The Morgan fingerprint density at radius 2 is 1.91 bits per heavy atom. The van der Waals surface area contributed by atoms with Crippen molar-refractivity contribution < 1.29 is 19.2 Å². The van der Waals surface area contributed by atoms with Gasteiger partial charge in [-0.25, -0.2) is 4.79 Å². The van der Waals surface area contributed by atoms with Crippen molar-refractivity contribution in [1.29, 1.82) is 0 Å². The smallest absolute Gasteiger partial charge is 0.410 e. The maximum atomic E-state index is 13.0. The third kappa shape index (κ3) is 6.19. The highest BCUT2D eigenvalue weighted by Crippen LogP contribution is 2.25. The van der Waals surface area contributed by atoms with E-state index in [-0.39, 0.29) is 23.5 Å². The van der Waals surface area contributed by atoms with Crippen LogP contribution in [0.25, 0.3) is 0 Å². The molecule has 1 aliphatic heterocycles. The molecule has 10 heteroatoms. The molecule has 1 aliphatic rings. The van der Waals surface area contributed by atoms with Gasteiger partial charge in [-0.2, -0.15) is 12.6 Å². The predicted octanol–water partition coefficient (Wildman–Crippen LogP) is 3.09. The van der Waals surface area contributed by atoms with Crippen LogP contribution in [0.3, 0.4) is 0 Å². The molecule has 0 unspecified atom stereocenters.